The van der Waals surface area contributed by atoms with E-state index in [2.05, 4.69) is 21.2 Å². The predicted molar refractivity (Wildman–Crippen MR) is 79.3 cm³/mol. The van der Waals surface area contributed by atoms with E-state index in [1.807, 2.05) is 31.2 Å². The number of phenolic OH excluding ortho intramolecular Hbond substituents is 1. The van der Waals surface area contributed by atoms with E-state index in [9.17, 15) is 5.11 Å². The third-order valence-electron chi connectivity index (χ3n) is 2.69. The summed E-state index contributed by atoms with van der Waals surface area (Å²) < 4.78 is 1.01. The van der Waals surface area contributed by atoms with Crippen molar-refractivity contribution in [3.63, 3.8) is 0 Å². The highest BCUT2D eigenvalue weighted by Crippen LogP contribution is 2.24. The van der Waals surface area contributed by atoms with Gasteiger partial charge in [-0.1, -0.05) is 27.5 Å². The van der Waals surface area contributed by atoms with Gasteiger partial charge in [0.15, 0.2) is 0 Å². The van der Waals surface area contributed by atoms with Gasteiger partial charge in [0.1, 0.15) is 5.75 Å². The zero-order valence-corrected chi connectivity index (χ0v) is 12.2. The normalized spacial score (nSPS) is 10.4. The maximum absolute atomic E-state index is 9.35. The monoisotopic (exact) mass is 325 g/mol. The van der Waals surface area contributed by atoms with Crippen LogP contribution in [0.5, 0.6) is 5.75 Å². The van der Waals surface area contributed by atoms with Gasteiger partial charge in [-0.3, -0.25) is 0 Å². The summed E-state index contributed by atoms with van der Waals surface area (Å²) in [6.07, 6.45) is 0. The summed E-state index contributed by atoms with van der Waals surface area (Å²) in [6.45, 7) is 2.59. The van der Waals surface area contributed by atoms with Crippen LogP contribution in [-0.2, 0) is 6.54 Å². The molecule has 2 nitrogen and oxygen atoms in total. The van der Waals surface area contributed by atoms with E-state index < -0.39 is 0 Å². The maximum Gasteiger partial charge on any atom is 0.115 e. The van der Waals surface area contributed by atoms with Gasteiger partial charge >= 0.3 is 0 Å². The number of anilines is 1. The summed E-state index contributed by atoms with van der Waals surface area (Å²) in [5, 5.41) is 13.4. The van der Waals surface area contributed by atoms with Crippen LogP contribution < -0.4 is 5.32 Å². The zero-order chi connectivity index (χ0) is 13.1. The summed E-state index contributed by atoms with van der Waals surface area (Å²) in [5.74, 6) is 0.276. The van der Waals surface area contributed by atoms with Crippen molar-refractivity contribution in [2.75, 3.05) is 5.32 Å². The first-order valence-corrected chi connectivity index (χ1v) is 6.71. The van der Waals surface area contributed by atoms with Crippen molar-refractivity contribution < 1.29 is 5.11 Å². The highest BCUT2D eigenvalue weighted by molar-refractivity contribution is 9.10. The molecule has 0 radical (unpaired) electrons. The molecule has 2 aromatic rings. The molecule has 0 heterocycles. The van der Waals surface area contributed by atoms with Crippen LogP contribution in [0, 0.1) is 6.92 Å². The molecule has 0 fully saturated rings. The van der Waals surface area contributed by atoms with Gasteiger partial charge in [-0.2, -0.15) is 0 Å². The average molecular weight is 327 g/mol. The summed E-state index contributed by atoms with van der Waals surface area (Å²) in [6, 6.07) is 11.0. The molecule has 2 N–H and O–H groups in total. The van der Waals surface area contributed by atoms with Gasteiger partial charge in [-0.05, 0) is 54.4 Å². The van der Waals surface area contributed by atoms with Gasteiger partial charge in [-0.15, -0.1) is 0 Å². The summed E-state index contributed by atoms with van der Waals surface area (Å²) >= 11 is 9.55. The first-order chi connectivity index (χ1) is 8.56. The van der Waals surface area contributed by atoms with Crippen molar-refractivity contribution in [3.05, 3.63) is 57.0 Å². The minimum absolute atomic E-state index is 0.276. The average Bonchev–Trinajstić information content (AvgIpc) is 2.32. The Labute approximate surface area is 120 Å². The standard InChI is InChI=1S/C14H13BrClNO/c1-9-6-12(18)3-5-14(9)17-8-10-7-11(15)2-4-13(10)16/h2-7,17-18H,8H2,1H3. The molecule has 0 spiro atoms. The number of halogens is 2. The molecule has 0 aliphatic heterocycles. The Bertz CT molecular complexity index is 572. The molecule has 0 amide bonds. The number of rotatable bonds is 3. The second-order valence-corrected chi connectivity index (χ2v) is 5.41. The zero-order valence-electron chi connectivity index (χ0n) is 9.87. The number of phenols is 1. The van der Waals surface area contributed by atoms with E-state index in [-0.39, 0.29) is 5.75 Å². The smallest absolute Gasteiger partial charge is 0.115 e. The van der Waals surface area contributed by atoms with Crippen LogP contribution in [0.2, 0.25) is 5.02 Å². The molecule has 18 heavy (non-hydrogen) atoms. The van der Waals surface area contributed by atoms with Crippen molar-refractivity contribution in [3.8, 4) is 5.75 Å². The van der Waals surface area contributed by atoms with Gasteiger partial charge in [0.05, 0.1) is 0 Å². The van der Waals surface area contributed by atoms with E-state index in [0.29, 0.717) is 6.54 Å². The van der Waals surface area contributed by atoms with E-state index in [1.165, 1.54) is 0 Å². The molecular formula is C14H13BrClNO. The van der Waals surface area contributed by atoms with Gasteiger partial charge in [0, 0.05) is 21.7 Å². The van der Waals surface area contributed by atoms with E-state index >= 15 is 0 Å². The lowest BCUT2D eigenvalue weighted by molar-refractivity contribution is 0.475. The van der Waals surface area contributed by atoms with Crippen molar-refractivity contribution in [1.29, 1.82) is 0 Å². The van der Waals surface area contributed by atoms with Crippen molar-refractivity contribution in [2.24, 2.45) is 0 Å². The molecule has 94 valence electrons. The molecule has 2 rings (SSSR count). The van der Waals surface area contributed by atoms with Gasteiger partial charge < -0.3 is 10.4 Å². The molecule has 0 aliphatic rings. The second-order valence-electron chi connectivity index (χ2n) is 4.09. The molecule has 0 saturated carbocycles. The first-order valence-electron chi connectivity index (χ1n) is 5.53. The minimum Gasteiger partial charge on any atom is -0.508 e. The first kappa shape index (κ1) is 13.2. The molecule has 0 bridgehead atoms. The Hall–Kier alpha value is -1.19. The lowest BCUT2D eigenvalue weighted by Crippen LogP contribution is -2.01. The molecule has 4 heteroatoms. The van der Waals surface area contributed by atoms with Crippen molar-refractivity contribution >= 4 is 33.2 Å². The summed E-state index contributed by atoms with van der Waals surface area (Å²) in [4.78, 5) is 0. The SMILES string of the molecule is Cc1cc(O)ccc1NCc1cc(Br)ccc1Cl. The number of aryl methyl sites for hydroxylation is 1. The number of aromatic hydroxyl groups is 1. The van der Waals surface area contributed by atoms with Gasteiger partial charge in [0.2, 0.25) is 0 Å². The second kappa shape index (κ2) is 5.63. The van der Waals surface area contributed by atoms with Crippen LogP contribution in [0.3, 0.4) is 0 Å². The Morgan fingerprint density at radius 3 is 2.72 bits per heavy atom. The lowest BCUT2D eigenvalue weighted by atomic mass is 10.1. The lowest BCUT2D eigenvalue weighted by Gasteiger charge is -2.11. The van der Waals surface area contributed by atoms with Crippen LogP contribution in [-0.4, -0.2) is 5.11 Å². The molecule has 0 aromatic heterocycles. The molecule has 0 saturated heterocycles. The van der Waals surface area contributed by atoms with E-state index in [1.54, 1.807) is 12.1 Å². The molecule has 0 atom stereocenters. The van der Waals surface area contributed by atoms with Crippen LogP contribution in [0.1, 0.15) is 11.1 Å². The summed E-state index contributed by atoms with van der Waals surface area (Å²) in [7, 11) is 0. The Kier molecular flexibility index (Phi) is 4.15. The van der Waals surface area contributed by atoms with Crippen LogP contribution in [0.15, 0.2) is 40.9 Å². The number of hydrogen-bond donors (Lipinski definition) is 2. The number of nitrogens with one attached hydrogen (secondary N) is 1. The number of benzene rings is 2. The largest absolute Gasteiger partial charge is 0.508 e. The molecule has 2 aromatic carbocycles. The quantitative estimate of drug-likeness (QED) is 0.799. The predicted octanol–water partition coefficient (Wildman–Crippen LogP) is 4.73. The Balaban J connectivity index is 2.13. The highest BCUT2D eigenvalue weighted by atomic mass is 79.9. The van der Waals surface area contributed by atoms with Crippen LogP contribution in [0.4, 0.5) is 5.69 Å². The fourth-order valence-corrected chi connectivity index (χ4v) is 2.31. The Morgan fingerprint density at radius 2 is 2.00 bits per heavy atom. The number of hydrogen-bond acceptors (Lipinski definition) is 2. The van der Waals surface area contributed by atoms with Gasteiger partial charge in [0.25, 0.3) is 0 Å². The van der Waals surface area contributed by atoms with E-state index in [0.717, 1.165) is 26.3 Å². The maximum atomic E-state index is 9.35. The molecule has 0 aliphatic carbocycles. The van der Waals surface area contributed by atoms with Crippen molar-refractivity contribution in [1.82, 2.24) is 0 Å². The van der Waals surface area contributed by atoms with Crippen molar-refractivity contribution in [2.45, 2.75) is 13.5 Å². The minimum atomic E-state index is 0.276. The highest BCUT2D eigenvalue weighted by Gasteiger charge is 2.03. The van der Waals surface area contributed by atoms with Gasteiger partial charge in [-0.25, -0.2) is 0 Å². The fraction of sp³-hybridized carbons (Fsp3) is 0.143. The fourth-order valence-electron chi connectivity index (χ4n) is 1.72. The van der Waals surface area contributed by atoms with E-state index in [4.69, 9.17) is 11.6 Å². The van der Waals surface area contributed by atoms with Crippen LogP contribution in [0.25, 0.3) is 0 Å². The summed E-state index contributed by atoms with van der Waals surface area (Å²) in [5.41, 5.74) is 3.02. The molecular weight excluding hydrogens is 314 g/mol. The van der Waals surface area contributed by atoms with Crippen LogP contribution >= 0.6 is 27.5 Å². The third-order valence-corrected chi connectivity index (χ3v) is 3.55. The molecule has 0 unspecified atom stereocenters. The topological polar surface area (TPSA) is 32.3 Å². The Morgan fingerprint density at radius 1 is 1.22 bits per heavy atom. The third kappa shape index (κ3) is 3.18.